The van der Waals surface area contributed by atoms with E-state index in [9.17, 15) is 14.4 Å². The van der Waals surface area contributed by atoms with Gasteiger partial charge in [-0.25, -0.2) is 9.59 Å². The maximum Gasteiger partial charge on any atom is 0.408 e. The van der Waals surface area contributed by atoms with Crippen LogP contribution in [0.4, 0.5) is 4.79 Å². The number of amides is 1. The van der Waals surface area contributed by atoms with Gasteiger partial charge in [0.15, 0.2) is 12.2 Å². The summed E-state index contributed by atoms with van der Waals surface area (Å²) < 4.78 is 23.5. The summed E-state index contributed by atoms with van der Waals surface area (Å²) in [6, 6.07) is 6.56. The predicted octanol–water partition coefficient (Wildman–Crippen LogP) is 5.46. The van der Waals surface area contributed by atoms with E-state index in [1.807, 2.05) is 52.0 Å². The number of nitrogens with one attached hydrogen (secondary N) is 1. The van der Waals surface area contributed by atoms with Crippen molar-refractivity contribution in [2.75, 3.05) is 0 Å². The third-order valence-electron chi connectivity index (χ3n) is 6.47. The van der Waals surface area contributed by atoms with Gasteiger partial charge in [0.2, 0.25) is 0 Å². The number of rotatable bonds is 6. The molecule has 4 atom stereocenters. The molecule has 2 aliphatic rings. The van der Waals surface area contributed by atoms with Crippen molar-refractivity contribution in [2.24, 2.45) is 5.92 Å². The van der Waals surface area contributed by atoms with Gasteiger partial charge in [-0.1, -0.05) is 44.5 Å². The maximum atomic E-state index is 13.5. The van der Waals surface area contributed by atoms with Gasteiger partial charge < -0.3 is 24.3 Å². The van der Waals surface area contributed by atoms with Crippen LogP contribution < -0.4 is 5.32 Å². The Morgan fingerprint density at radius 2 is 1.81 bits per heavy atom. The fourth-order valence-electron chi connectivity index (χ4n) is 4.48. The van der Waals surface area contributed by atoms with E-state index in [0.29, 0.717) is 24.2 Å². The van der Waals surface area contributed by atoms with Gasteiger partial charge in [-0.2, -0.15) is 0 Å². The van der Waals surface area contributed by atoms with Crippen molar-refractivity contribution in [1.82, 2.24) is 5.32 Å². The summed E-state index contributed by atoms with van der Waals surface area (Å²) in [5, 5.41) is 2.68. The first-order valence-corrected chi connectivity index (χ1v) is 12.6. The van der Waals surface area contributed by atoms with E-state index in [0.717, 1.165) is 17.6 Å². The average Bonchev–Trinajstić information content (AvgIpc) is 2.77. The minimum Gasteiger partial charge on any atom is -0.487 e. The van der Waals surface area contributed by atoms with Gasteiger partial charge in [0, 0.05) is 23.6 Å². The van der Waals surface area contributed by atoms with Gasteiger partial charge in [0.1, 0.15) is 23.0 Å². The van der Waals surface area contributed by atoms with E-state index in [2.05, 4.69) is 5.32 Å². The van der Waals surface area contributed by atoms with Crippen molar-refractivity contribution in [1.29, 1.82) is 0 Å². The first-order valence-electron chi connectivity index (χ1n) is 12.6. The molecule has 8 heteroatoms. The topological polar surface area (TPSA) is 100 Å². The van der Waals surface area contributed by atoms with E-state index < -0.39 is 41.9 Å². The van der Waals surface area contributed by atoms with Gasteiger partial charge in [0.05, 0.1) is 0 Å². The number of alkyl carbamates (subject to hydrolysis) is 1. The zero-order valence-electron chi connectivity index (χ0n) is 22.6. The van der Waals surface area contributed by atoms with E-state index in [1.165, 1.54) is 6.92 Å². The van der Waals surface area contributed by atoms with Crippen LogP contribution in [-0.2, 0) is 28.5 Å². The van der Waals surface area contributed by atoms with E-state index in [1.54, 1.807) is 20.8 Å². The molecule has 4 unspecified atom stereocenters. The Bertz CT molecular complexity index is 1040. The highest BCUT2D eigenvalue weighted by Gasteiger charge is 2.45. The Hall–Kier alpha value is -3.03. The number of hydrogen-bond donors (Lipinski definition) is 1. The lowest BCUT2D eigenvalue weighted by molar-refractivity contribution is -0.168. The second-order valence-corrected chi connectivity index (χ2v) is 11.2. The second-order valence-electron chi connectivity index (χ2n) is 11.2. The molecule has 3 rings (SSSR count). The van der Waals surface area contributed by atoms with Crippen molar-refractivity contribution >= 4 is 23.8 Å². The number of carbonyl (C=O) groups excluding carboxylic acids is 3. The Kier molecular flexibility index (Phi) is 8.06. The third kappa shape index (κ3) is 6.39. The Morgan fingerprint density at radius 1 is 1.14 bits per heavy atom. The molecule has 1 aromatic rings. The average molecular weight is 502 g/mol. The number of carbonyl (C=O) groups is 3. The number of hydrogen-bond acceptors (Lipinski definition) is 7. The van der Waals surface area contributed by atoms with Gasteiger partial charge in [0.25, 0.3) is 0 Å². The predicted molar refractivity (Wildman–Crippen MR) is 135 cm³/mol. The van der Waals surface area contributed by atoms with Gasteiger partial charge >= 0.3 is 18.0 Å². The molecule has 0 saturated heterocycles. The summed E-state index contributed by atoms with van der Waals surface area (Å²) in [5.74, 6) is -0.647. The molecule has 1 aromatic carbocycles. The molecule has 1 aliphatic heterocycles. The normalized spacial score (nSPS) is 22.2. The second kappa shape index (κ2) is 10.5. The molecule has 1 N–H and O–H groups in total. The van der Waals surface area contributed by atoms with E-state index in [4.69, 9.17) is 18.9 Å². The molecule has 8 nitrogen and oxygen atoms in total. The SMILES string of the molecule is CCC(C)C(NC(=O)OC(C)(C)C)C(=O)OC1c2ccccc2C2=C(CCC(C)(C)O2)C1OC(C)=O. The lowest BCUT2D eigenvalue weighted by Gasteiger charge is -2.42. The largest absolute Gasteiger partial charge is 0.487 e. The summed E-state index contributed by atoms with van der Waals surface area (Å²) >= 11 is 0. The van der Waals surface area contributed by atoms with E-state index in [-0.39, 0.29) is 11.5 Å². The number of ether oxygens (including phenoxy) is 4. The first-order chi connectivity index (χ1) is 16.7. The molecule has 0 aromatic heterocycles. The molecule has 0 radical (unpaired) electrons. The quantitative estimate of drug-likeness (QED) is 0.408. The minimum atomic E-state index is -0.938. The van der Waals surface area contributed by atoms with Crippen LogP contribution in [0.1, 0.15) is 91.9 Å². The lowest BCUT2D eigenvalue weighted by Crippen LogP contribution is -2.49. The monoisotopic (exact) mass is 501 g/mol. The first kappa shape index (κ1) is 27.6. The molecule has 198 valence electrons. The van der Waals surface area contributed by atoms with Crippen molar-refractivity contribution in [3.05, 3.63) is 41.0 Å². The molecule has 1 amide bonds. The van der Waals surface area contributed by atoms with Crippen LogP contribution in [0.2, 0.25) is 0 Å². The van der Waals surface area contributed by atoms with Crippen LogP contribution >= 0.6 is 0 Å². The Balaban J connectivity index is 1.97. The van der Waals surface area contributed by atoms with Gasteiger partial charge in [-0.05, 0) is 53.4 Å². The molecular formula is C28H39NO7. The van der Waals surface area contributed by atoms with Crippen LogP contribution in [0.5, 0.6) is 0 Å². The Labute approximate surface area is 213 Å². The smallest absolute Gasteiger partial charge is 0.408 e. The van der Waals surface area contributed by atoms with Gasteiger partial charge in [-0.3, -0.25) is 4.79 Å². The maximum absolute atomic E-state index is 13.5. The van der Waals surface area contributed by atoms with Crippen LogP contribution in [0.15, 0.2) is 29.8 Å². The molecule has 0 saturated carbocycles. The molecular weight excluding hydrogens is 462 g/mol. The molecule has 0 fully saturated rings. The lowest BCUT2D eigenvalue weighted by atomic mass is 9.80. The summed E-state index contributed by atoms with van der Waals surface area (Å²) in [7, 11) is 0. The fourth-order valence-corrected chi connectivity index (χ4v) is 4.48. The Morgan fingerprint density at radius 3 is 2.42 bits per heavy atom. The zero-order chi connectivity index (χ0) is 26.8. The minimum absolute atomic E-state index is 0.218. The third-order valence-corrected chi connectivity index (χ3v) is 6.47. The standard InChI is InChI=1S/C28H39NO7/c1-9-16(2)21(29-26(32)36-27(4,5)6)25(31)34-23-19-13-11-10-12-18(19)22-20(24(23)33-17(3)30)14-15-28(7,8)35-22/h10-13,16,21,23-24H,9,14-15H2,1-8H3,(H,29,32). The molecule has 1 heterocycles. The summed E-state index contributed by atoms with van der Waals surface area (Å²) in [6.07, 6.45) is -0.420. The molecule has 0 bridgehead atoms. The molecule has 0 spiro atoms. The zero-order valence-corrected chi connectivity index (χ0v) is 22.6. The van der Waals surface area contributed by atoms with Crippen LogP contribution in [0, 0.1) is 5.92 Å². The van der Waals surface area contributed by atoms with Crippen LogP contribution in [0.3, 0.4) is 0 Å². The summed E-state index contributed by atoms with van der Waals surface area (Å²) in [6.45, 7) is 14.4. The van der Waals surface area contributed by atoms with Crippen molar-refractivity contribution in [3.8, 4) is 0 Å². The highest BCUT2D eigenvalue weighted by molar-refractivity contribution is 5.83. The van der Waals surface area contributed by atoms with E-state index >= 15 is 0 Å². The van der Waals surface area contributed by atoms with Crippen molar-refractivity contribution < 1.29 is 33.3 Å². The fraction of sp³-hybridized carbons (Fsp3) is 0.607. The van der Waals surface area contributed by atoms with Crippen LogP contribution in [0.25, 0.3) is 5.76 Å². The summed E-state index contributed by atoms with van der Waals surface area (Å²) in [4.78, 5) is 38.2. The number of esters is 2. The van der Waals surface area contributed by atoms with Crippen molar-refractivity contribution in [3.63, 3.8) is 0 Å². The molecule has 1 aliphatic carbocycles. The van der Waals surface area contributed by atoms with Crippen LogP contribution in [-0.4, -0.2) is 41.4 Å². The molecule has 36 heavy (non-hydrogen) atoms. The number of benzene rings is 1. The van der Waals surface area contributed by atoms with Gasteiger partial charge in [-0.15, -0.1) is 0 Å². The highest BCUT2D eigenvalue weighted by Crippen LogP contribution is 2.48. The highest BCUT2D eigenvalue weighted by atomic mass is 16.6. The summed E-state index contributed by atoms with van der Waals surface area (Å²) in [5.41, 5.74) is 1.19. The van der Waals surface area contributed by atoms with Crippen molar-refractivity contribution in [2.45, 2.75) is 104 Å². The number of fused-ring (bicyclic) bond motifs is 2.